The van der Waals surface area contributed by atoms with Crippen molar-refractivity contribution in [3.63, 3.8) is 0 Å². The normalized spacial score (nSPS) is 54.8. The van der Waals surface area contributed by atoms with Crippen LogP contribution in [0.15, 0.2) is 11.6 Å². The van der Waals surface area contributed by atoms with Gasteiger partial charge in [-0.05, 0) is 111 Å². The molecule has 5 fully saturated rings. The molecule has 7 heteroatoms. The molecule has 13 atom stereocenters. The second-order valence-corrected chi connectivity index (χ2v) is 13.4. The highest BCUT2D eigenvalue weighted by molar-refractivity contribution is 5.85. The van der Waals surface area contributed by atoms with Gasteiger partial charge in [0.05, 0.1) is 12.2 Å². The lowest BCUT2D eigenvalue weighted by atomic mass is 9.44. The molecule has 3 N–H and O–H groups in total. The molecule has 6 rings (SSSR count). The smallest absolute Gasteiger partial charge is 0.331 e. The standard InChI is InChI=1S/C29H44O7/c1-15-24(31)25(32)26(33)27(35-15)36-18-8-10-28(2)17(13-18)4-5-19-21-7-6-20(16-12-23(30)34-14-16)29(21,3)11-9-22(19)28/h12,15,17-22,24-27,31-33H,4-11,13-14H2,1-3H3/t15-,17-,18-,19-,20+,21+,22-,24-,25+,26-,27-,28-,29+/m0/s1. The van der Waals surface area contributed by atoms with E-state index in [0.29, 0.717) is 23.9 Å². The number of hydrogen-bond donors (Lipinski definition) is 3. The Labute approximate surface area is 214 Å². The van der Waals surface area contributed by atoms with Gasteiger partial charge in [-0.1, -0.05) is 13.8 Å². The number of carbonyl (C=O) groups excluding carboxylic acids is 1. The lowest BCUT2D eigenvalue weighted by molar-refractivity contribution is -0.309. The second-order valence-electron chi connectivity index (χ2n) is 13.4. The summed E-state index contributed by atoms with van der Waals surface area (Å²) in [5, 5.41) is 30.6. The molecule has 0 radical (unpaired) electrons. The number of cyclic esters (lactones) is 1. The third kappa shape index (κ3) is 3.83. The molecule has 0 spiro atoms. The van der Waals surface area contributed by atoms with Crippen LogP contribution in [0.2, 0.25) is 0 Å². The molecular formula is C29H44O7. The molecule has 4 aliphatic carbocycles. The number of hydrogen-bond acceptors (Lipinski definition) is 7. The van der Waals surface area contributed by atoms with Gasteiger partial charge in [0.15, 0.2) is 6.29 Å². The van der Waals surface area contributed by atoms with Crippen molar-refractivity contribution in [3.05, 3.63) is 11.6 Å². The van der Waals surface area contributed by atoms with Gasteiger partial charge in [-0.25, -0.2) is 4.79 Å². The summed E-state index contributed by atoms with van der Waals surface area (Å²) in [6, 6.07) is 0. The van der Waals surface area contributed by atoms with Crippen LogP contribution in [0, 0.1) is 40.4 Å². The lowest BCUT2D eigenvalue weighted by Crippen LogP contribution is -2.58. The molecule has 202 valence electrons. The van der Waals surface area contributed by atoms with Gasteiger partial charge in [-0.15, -0.1) is 0 Å². The molecule has 4 saturated carbocycles. The number of fused-ring (bicyclic) bond motifs is 5. The molecule has 36 heavy (non-hydrogen) atoms. The molecule has 0 aromatic carbocycles. The molecule has 7 nitrogen and oxygen atoms in total. The Hall–Kier alpha value is -0.990. The predicted octanol–water partition coefficient (Wildman–Crippen LogP) is 3.34. The Balaban J connectivity index is 1.13. The summed E-state index contributed by atoms with van der Waals surface area (Å²) in [7, 11) is 0. The zero-order valence-corrected chi connectivity index (χ0v) is 22.0. The highest BCUT2D eigenvalue weighted by atomic mass is 16.7. The number of aliphatic hydroxyl groups excluding tert-OH is 3. The summed E-state index contributed by atoms with van der Waals surface area (Å²) < 4.78 is 17.3. The van der Waals surface area contributed by atoms with Crippen molar-refractivity contribution in [2.24, 2.45) is 40.4 Å². The van der Waals surface area contributed by atoms with Crippen LogP contribution in [-0.4, -0.2) is 64.7 Å². The van der Waals surface area contributed by atoms with Crippen molar-refractivity contribution >= 4 is 5.97 Å². The van der Waals surface area contributed by atoms with E-state index in [1.165, 1.54) is 44.1 Å². The number of ether oxygens (including phenoxy) is 3. The first kappa shape index (κ1) is 25.3. The van der Waals surface area contributed by atoms with E-state index in [-0.39, 0.29) is 17.5 Å². The number of carbonyl (C=O) groups is 1. The van der Waals surface area contributed by atoms with Gasteiger partial charge in [-0.2, -0.15) is 0 Å². The maximum atomic E-state index is 11.8. The molecule has 6 aliphatic rings. The molecular weight excluding hydrogens is 460 g/mol. The van der Waals surface area contributed by atoms with Crippen LogP contribution >= 0.6 is 0 Å². The summed E-state index contributed by atoms with van der Waals surface area (Å²) in [5.74, 6) is 3.14. The van der Waals surface area contributed by atoms with E-state index in [4.69, 9.17) is 14.2 Å². The minimum atomic E-state index is -1.25. The third-order valence-corrected chi connectivity index (χ3v) is 11.9. The first-order valence-electron chi connectivity index (χ1n) is 14.3. The van der Waals surface area contributed by atoms with Gasteiger partial charge < -0.3 is 29.5 Å². The van der Waals surface area contributed by atoms with Crippen molar-refractivity contribution in [3.8, 4) is 0 Å². The number of esters is 1. The van der Waals surface area contributed by atoms with Crippen LogP contribution in [0.5, 0.6) is 0 Å². The number of rotatable bonds is 3. The first-order chi connectivity index (χ1) is 17.1. The van der Waals surface area contributed by atoms with Gasteiger partial charge in [0.25, 0.3) is 0 Å². The molecule has 1 saturated heterocycles. The molecule has 0 aromatic rings. The van der Waals surface area contributed by atoms with Crippen molar-refractivity contribution in [1.82, 2.24) is 0 Å². The fourth-order valence-electron chi connectivity index (χ4n) is 9.86. The van der Waals surface area contributed by atoms with E-state index < -0.39 is 30.7 Å². The zero-order valence-electron chi connectivity index (χ0n) is 22.0. The van der Waals surface area contributed by atoms with E-state index in [2.05, 4.69) is 13.8 Å². The van der Waals surface area contributed by atoms with E-state index in [0.717, 1.165) is 37.0 Å². The lowest BCUT2D eigenvalue weighted by Gasteiger charge is -2.61. The van der Waals surface area contributed by atoms with Crippen molar-refractivity contribution in [2.45, 2.75) is 115 Å². The molecule has 0 aromatic heterocycles. The average Bonchev–Trinajstić information content (AvgIpc) is 3.43. The maximum Gasteiger partial charge on any atom is 0.331 e. The fraction of sp³-hybridized carbons (Fsp3) is 0.897. The van der Waals surface area contributed by atoms with Crippen LogP contribution in [0.3, 0.4) is 0 Å². The highest BCUT2D eigenvalue weighted by Gasteiger charge is 2.61. The van der Waals surface area contributed by atoms with Crippen molar-refractivity contribution in [2.75, 3.05) is 6.61 Å². The molecule has 0 amide bonds. The van der Waals surface area contributed by atoms with Crippen LogP contribution in [0.4, 0.5) is 0 Å². The summed E-state index contributed by atoms with van der Waals surface area (Å²) in [4.78, 5) is 11.8. The van der Waals surface area contributed by atoms with Crippen LogP contribution in [0.1, 0.15) is 78.6 Å². The van der Waals surface area contributed by atoms with Crippen LogP contribution < -0.4 is 0 Å². The predicted molar refractivity (Wildman–Crippen MR) is 131 cm³/mol. The fourth-order valence-corrected chi connectivity index (χ4v) is 9.86. The molecule has 0 unspecified atom stereocenters. The van der Waals surface area contributed by atoms with Crippen molar-refractivity contribution < 1.29 is 34.3 Å². The second kappa shape index (κ2) is 9.04. The van der Waals surface area contributed by atoms with Crippen LogP contribution in [0.25, 0.3) is 0 Å². The number of aliphatic hydroxyl groups is 3. The Bertz CT molecular complexity index is 904. The van der Waals surface area contributed by atoms with E-state index in [1.807, 2.05) is 0 Å². The largest absolute Gasteiger partial charge is 0.458 e. The Morgan fingerprint density at radius 3 is 2.42 bits per heavy atom. The van der Waals surface area contributed by atoms with Crippen LogP contribution in [-0.2, 0) is 19.0 Å². The summed E-state index contributed by atoms with van der Waals surface area (Å²) in [5.41, 5.74) is 1.82. The Morgan fingerprint density at radius 2 is 1.67 bits per heavy atom. The van der Waals surface area contributed by atoms with Crippen molar-refractivity contribution in [1.29, 1.82) is 0 Å². The highest BCUT2D eigenvalue weighted by Crippen LogP contribution is 2.68. The summed E-state index contributed by atoms with van der Waals surface area (Å²) in [6.07, 6.45) is 7.18. The SMILES string of the molecule is C[C@@H]1O[C@@H](O[C@H]2CC[C@@]3(C)[C@@H](CC[C@H]4[C@H]5CC[C@H](C6=CC(=O)OC6)[C@@]5(C)CC[C@@H]43)C2)[C@@H](O)[C@H](O)[C@H]1O. The average molecular weight is 505 g/mol. The first-order valence-corrected chi connectivity index (χ1v) is 14.3. The third-order valence-electron chi connectivity index (χ3n) is 11.9. The van der Waals surface area contributed by atoms with E-state index in [9.17, 15) is 20.1 Å². The van der Waals surface area contributed by atoms with Gasteiger partial charge in [0.2, 0.25) is 0 Å². The zero-order chi connectivity index (χ0) is 25.4. The van der Waals surface area contributed by atoms with Gasteiger partial charge >= 0.3 is 5.97 Å². The van der Waals surface area contributed by atoms with Gasteiger partial charge in [0, 0.05) is 6.08 Å². The molecule has 0 bridgehead atoms. The van der Waals surface area contributed by atoms with E-state index >= 15 is 0 Å². The topological polar surface area (TPSA) is 105 Å². The Morgan fingerprint density at radius 1 is 0.917 bits per heavy atom. The maximum absolute atomic E-state index is 11.8. The quantitative estimate of drug-likeness (QED) is 0.400. The van der Waals surface area contributed by atoms with E-state index in [1.54, 1.807) is 13.0 Å². The molecule has 2 heterocycles. The minimum Gasteiger partial charge on any atom is -0.458 e. The molecule has 2 aliphatic heterocycles. The minimum absolute atomic E-state index is 0.00507. The monoisotopic (exact) mass is 504 g/mol. The van der Waals surface area contributed by atoms with Gasteiger partial charge in [-0.3, -0.25) is 0 Å². The Kier molecular flexibility index (Phi) is 6.36. The summed E-state index contributed by atoms with van der Waals surface area (Å²) in [6.45, 7) is 7.22. The van der Waals surface area contributed by atoms with Gasteiger partial charge in [0.1, 0.15) is 24.9 Å². The summed E-state index contributed by atoms with van der Waals surface area (Å²) >= 11 is 0.